The summed E-state index contributed by atoms with van der Waals surface area (Å²) in [7, 11) is 0. The van der Waals surface area contributed by atoms with Gasteiger partial charge in [0.05, 0.1) is 22.7 Å². The number of aromatic nitrogens is 3. The van der Waals surface area contributed by atoms with Gasteiger partial charge in [0, 0.05) is 30.3 Å². The van der Waals surface area contributed by atoms with Crippen LogP contribution >= 0.6 is 23.8 Å². The lowest BCUT2D eigenvalue weighted by Gasteiger charge is -2.31. The monoisotopic (exact) mass is 516 g/mol. The molecule has 3 heterocycles. The van der Waals surface area contributed by atoms with Gasteiger partial charge in [-0.05, 0) is 62.8 Å². The summed E-state index contributed by atoms with van der Waals surface area (Å²) in [6, 6.07) is 8.85. The molecular weight excluding hydrogens is 497 g/mol. The first kappa shape index (κ1) is 24.7. The molecule has 0 aliphatic carbocycles. The molecule has 2 aromatic heterocycles. The maximum atomic E-state index is 13.5. The number of nitriles is 1. The summed E-state index contributed by atoms with van der Waals surface area (Å²) in [5, 5.41) is 9.78. The lowest BCUT2D eigenvalue weighted by molar-refractivity contribution is -0.137. The molecule has 0 bridgehead atoms. The number of anilines is 1. The van der Waals surface area contributed by atoms with Crippen LogP contribution in [0.5, 0.6) is 0 Å². The third-order valence-electron chi connectivity index (χ3n) is 6.01. The van der Waals surface area contributed by atoms with Gasteiger partial charge in [-0.25, -0.2) is 9.97 Å². The van der Waals surface area contributed by atoms with Gasteiger partial charge in [-0.15, -0.1) is 0 Å². The molecule has 180 valence electrons. The van der Waals surface area contributed by atoms with Crippen molar-refractivity contribution in [3.63, 3.8) is 0 Å². The van der Waals surface area contributed by atoms with E-state index in [0.29, 0.717) is 34.1 Å². The van der Waals surface area contributed by atoms with E-state index in [2.05, 4.69) is 16.5 Å². The minimum Gasteiger partial charge on any atom is -0.334 e. The molecule has 1 aromatic carbocycles. The van der Waals surface area contributed by atoms with Crippen LogP contribution in [0.4, 0.5) is 18.9 Å². The highest BCUT2D eigenvalue weighted by Crippen LogP contribution is 2.42. The zero-order valence-corrected chi connectivity index (χ0v) is 20.6. The SMILES string of the molecule is C=C1N(c2ccc(C#N)c(C(F)(F)F)c2)C(=S)N(Cc2ccc(-n3cc(Cl)nc3C)nc2)C1(C)C. The molecule has 0 spiro atoms. The molecule has 1 fully saturated rings. The van der Waals surface area contributed by atoms with E-state index < -0.39 is 22.8 Å². The number of benzene rings is 1. The molecular formula is C24H20ClF3N6S. The number of halogens is 4. The fourth-order valence-electron chi connectivity index (χ4n) is 3.94. The van der Waals surface area contributed by atoms with Crippen molar-refractivity contribution >= 4 is 34.6 Å². The second-order valence-electron chi connectivity index (χ2n) is 8.55. The van der Waals surface area contributed by atoms with Gasteiger partial charge in [-0.1, -0.05) is 24.2 Å². The Kier molecular flexibility index (Phi) is 6.11. The van der Waals surface area contributed by atoms with Crippen LogP contribution < -0.4 is 4.90 Å². The zero-order valence-electron chi connectivity index (χ0n) is 19.1. The topological polar surface area (TPSA) is 61.0 Å². The highest BCUT2D eigenvalue weighted by molar-refractivity contribution is 7.80. The number of thiocarbonyl (C=S) groups is 1. The summed E-state index contributed by atoms with van der Waals surface area (Å²) in [6.07, 6.45) is -1.30. The van der Waals surface area contributed by atoms with Gasteiger partial charge < -0.3 is 4.90 Å². The van der Waals surface area contributed by atoms with Gasteiger partial charge >= 0.3 is 6.18 Å². The Balaban J connectivity index is 1.64. The van der Waals surface area contributed by atoms with Crippen molar-refractivity contribution in [3.05, 3.63) is 82.7 Å². The Hall–Kier alpha value is -3.42. The first-order valence-corrected chi connectivity index (χ1v) is 11.2. The maximum absolute atomic E-state index is 13.5. The van der Waals surface area contributed by atoms with Crippen molar-refractivity contribution in [1.29, 1.82) is 5.26 Å². The van der Waals surface area contributed by atoms with Crippen molar-refractivity contribution in [2.45, 2.75) is 39.0 Å². The average molecular weight is 517 g/mol. The predicted molar refractivity (Wildman–Crippen MR) is 131 cm³/mol. The molecule has 1 aliphatic heterocycles. The van der Waals surface area contributed by atoms with Crippen molar-refractivity contribution in [2.24, 2.45) is 0 Å². The summed E-state index contributed by atoms with van der Waals surface area (Å²) < 4.78 is 42.4. The number of nitrogens with zero attached hydrogens (tertiary/aromatic N) is 6. The fourth-order valence-corrected chi connectivity index (χ4v) is 4.67. The number of hydrogen-bond donors (Lipinski definition) is 0. The van der Waals surface area contributed by atoms with Crippen LogP contribution in [0.15, 0.2) is 55.0 Å². The van der Waals surface area contributed by atoms with E-state index in [1.165, 1.54) is 11.0 Å². The van der Waals surface area contributed by atoms with Crippen molar-refractivity contribution in [3.8, 4) is 11.9 Å². The molecule has 0 radical (unpaired) electrons. The van der Waals surface area contributed by atoms with Gasteiger partial charge in [0.1, 0.15) is 16.8 Å². The number of rotatable bonds is 4. The van der Waals surface area contributed by atoms with Crippen molar-refractivity contribution in [1.82, 2.24) is 19.4 Å². The van der Waals surface area contributed by atoms with Gasteiger partial charge in [-0.3, -0.25) is 9.47 Å². The molecule has 0 saturated carbocycles. The first-order valence-electron chi connectivity index (χ1n) is 10.4. The summed E-state index contributed by atoms with van der Waals surface area (Å²) in [5.41, 5.74) is -0.584. The number of aryl methyl sites for hydroxylation is 1. The molecule has 0 atom stereocenters. The second kappa shape index (κ2) is 8.66. The minimum absolute atomic E-state index is 0.197. The van der Waals surface area contributed by atoms with E-state index in [0.717, 1.165) is 17.7 Å². The van der Waals surface area contributed by atoms with Crippen LogP contribution in [0.2, 0.25) is 5.15 Å². The Labute approximate surface area is 210 Å². The smallest absolute Gasteiger partial charge is 0.334 e. The number of alkyl halides is 3. The third-order valence-corrected chi connectivity index (χ3v) is 6.59. The zero-order chi connectivity index (χ0) is 25.7. The van der Waals surface area contributed by atoms with E-state index in [9.17, 15) is 13.2 Å². The number of pyridine rings is 1. The Morgan fingerprint density at radius 1 is 1.23 bits per heavy atom. The third kappa shape index (κ3) is 4.37. The van der Waals surface area contributed by atoms with Gasteiger partial charge in [0.2, 0.25) is 0 Å². The lowest BCUT2D eigenvalue weighted by atomic mass is 10.00. The van der Waals surface area contributed by atoms with E-state index in [4.69, 9.17) is 29.1 Å². The minimum atomic E-state index is -4.68. The van der Waals surface area contributed by atoms with Crippen molar-refractivity contribution < 1.29 is 13.2 Å². The Morgan fingerprint density at radius 3 is 2.49 bits per heavy atom. The Bertz CT molecular complexity index is 1370. The van der Waals surface area contributed by atoms with Crippen LogP contribution in [0.1, 0.15) is 36.4 Å². The summed E-state index contributed by atoms with van der Waals surface area (Å²) in [5.74, 6) is 1.35. The molecule has 1 saturated heterocycles. The van der Waals surface area contributed by atoms with Crippen molar-refractivity contribution in [2.75, 3.05) is 4.90 Å². The summed E-state index contributed by atoms with van der Waals surface area (Å²) >= 11 is 11.7. The van der Waals surface area contributed by atoms with Crippen LogP contribution in [-0.2, 0) is 12.7 Å². The summed E-state index contributed by atoms with van der Waals surface area (Å²) in [6.45, 7) is 10.1. The largest absolute Gasteiger partial charge is 0.417 e. The number of imidazole rings is 1. The molecule has 11 heteroatoms. The lowest BCUT2D eigenvalue weighted by Crippen LogP contribution is -2.40. The Morgan fingerprint density at radius 2 is 1.94 bits per heavy atom. The highest BCUT2D eigenvalue weighted by Gasteiger charge is 2.45. The van der Waals surface area contributed by atoms with Crippen LogP contribution in [0.25, 0.3) is 5.82 Å². The van der Waals surface area contributed by atoms with Gasteiger partial charge in [0.15, 0.2) is 5.11 Å². The molecule has 0 unspecified atom stereocenters. The van der Waals surface area contributed by atoms with Gasteiger partial charge in [0.25, 0.3) is 0 Å². The second-order valence-corrected chi connectivity index (χ2v) is 9.31. The van der Waals surface area contributed by atoms with Crippen LogP contribution in [0.3, 0.4) is 0 Å². The molecule has 1 aliphatic rings. The normalized spacial score (nSPS) is 15.6. The van der Waals surface area contributed by atoms with Crippen LogP contribution in [-0.4, -0.2) is 30.1 Å². The average Bonchev–Trinajstić information content (AvgIpc) is 3.21. The predicted octanol–water partition coefficient (Wildman–Crippen LogP) is 6.02. The quantitative estimate of drug-likeness (QED) is 0.395. The van der Waals surface area contributed by atoms with E-state index in [1.54, 1.807) is 23.0 Å². The number of hydrogen-bond acceptors (Lipinski definition) is 4. The van der Waals surface area contributed by atoms with Gasteiger partial charge in [-0.2, -0.15) is 18.4 Å². The van der Waals surface area contributed by atoms with E-state index in [1.807, 2.05) is 37.8 Å². The van der Waals surface area contributed by atoms with E-state index >= 15 is 0 Å². The molecule has 4 rings (SSSR count). The molecule has 35 heavy (non-hydrogen) atoms. The first-order chi connectivity index (χ1) is 16.3. The standard InChI is InChI=1S/C24H20ClF3N6S/c1-14-23(3,4)33(12-16-5-8-21(30-11-16)32-13-20(25)31-15(32)2)22(35)34(14)18-7-6-17(10-29)19(9-18)24(26,27)28/h5-9,11,13H,1,12H2,2-4H3. The fraction of sp³-hybridized carbons (Fsp3) is 0.250. The summed E-state index contributed by atoms with van der Waals surface area (Å²) in [4.78, 5) is 12.1. The van der Waals surface area contributed by atoms with Crippen LogP contribution in [0, 0.1) is 18.3 Å². The van der Waals surface area contributed by atoms with E-state index in [-0.39, 0.29) is 5.69 Å². The molecule has 3 aromatic rings. The maximum Gasteiger partial charge on any atom is 0.417 e. The molecule has 6 nitrogen and oxygen atoms in total. The highest BCUT2D eigenvalue weighted by atomic mass is 35.5. The molecule has 0 N–H and O–H groups in total. The molecule has 0 amide bonds.